The van der Waals surface area contributed by atoms with Crippen LogP contribution in [0, 0.1) is 0 Å². The summed E-state index contributed by atoms with van der Waals surface area (Å²) in [6.45, 7) is 5.68. The summed E-state index contributed by atoms with van der Waals surface area (Å²) in [7, 11) is 0. The fraction of sp³-hybridized carbons (Fsp3) is 0.417. The first kappa shape index (κ1) is 20.9. The minimum absolute atomic E-state index is 0.0672. The summed E-state index contributed by atoms with van der Waals surface area (Å²) in [6.07, 6.45) is 4.76. The van der Waals surface area contributed by atoms with E-state index in [4.69, 9.17) is 4.74 Å². The highest BCUT2D eigenvalue weighted by atomic mass is 16.5. The Kier molecular flexibility index (Phi) is 6.91. The Morgan fingerprint density at radius 1 is 1.03 bits per heavy atom. The maximum absolute atomic E-state index is 12.7. The summed E-state index contributed by atoms with van der Waals surface area (Å²) in [5, 5.41) is 5.78. The second-order valence-electron chi connectivity index (χ2n) is 7.72. The number of benzene rings is 2. The van der Waals surface area contributed by atoms with Crippen LogP contribution in [0.25, 0.3) is 0 Å². The summed E-state index contributed by atoms with van der Waals surface area (Å²) >= 11 is 0. The molecule has 0 saturated heterocycles. The quantitative estimate of drug-likeness (QED) is 0.727. The van der Waals surface area contributed by atoms with Crippen molar-refractivity contribution in [2.75, 3.05) is 5.32 Å². The number of amides is 2. The van der Waals surface area contributed by atoms with Gasteiger partial charge in [-0.05, 0) is 81.3 Å². The first-order valence-electron chi connectivity index (χ1n) is 10.5. The van der Waals surface area contributed by atoms with E-state index in [1.165, 1.54) is 24.0 Å². The number of nitrogens with one attached hydrogen (secondary N) is 2. The molecule has 154 valence electrons. The molecule has 0 unspecified atom stereocenters. The van der Waals surface area contributed by atoms with Crippen LogP contribution in [0.15, 0.2) is 42.5 Å². The number of carbonyl (C=O) groups is 2. The van der Waals surface area contributed by atoms with Gasteiger partial charge in [0.15, 0.2) is 6.10 Å². The van der Waals surface area contributed by atoms with E-state index in [9.17, 15) is 9.59 Å². The fourth-order valence-corrected chi connectivity index (χ4v) is 3.47. The molecule has 5 nitrogen and oxygen atoms in total. The zero-order chi connectivity index (χ0) is 20.8. The molecule has 0 radical (unpaired) electrons. The van der Waals surface area contributed by atoms with Gasteiger partial charge in [0.05, 0.1) is 11.3 Å². The molecule has 0 fully saturated rings. The Labute approximate surface area is 172 Å². The molecule has 0 aromatic heterocycles. The van der Waals surface area contributed by atoms with Crippen molar-refractivity contribution in [2.24, 2.45) is 0 Å². The van der Waals surface area contributed by atoms with Crippen molar-refractivity contribution in [3.05, 3.63) is 59.2 Å². The van der Waals surface area contributed by atoms with Crippen LogP contribution in [0.4, 0.5) is 5.69 Å². The highest BCUT2D eigenvalue weighted by molar-refractivity contribution is 6.04. The van der Waals surface area contributed by atoms with Crippen molar-refractivity contribution in [1.82, 2.24) is 5.32 Å². The average molecular weight is 395 g/mol. The van der Waals surface area contributed by atoms with Gasteiger partial charge in [0.2, 0.25) is 0 Å². The fourth-order valence-electron chi connectivity index (χ4n) is 3.47. The molecule has 2 amide bonds. The first-order chi connectivity index (χ1) is 14.0. The van der Waals surface area contributed by atoms with Crippen molar-refractivity contribution < 1.29 is 14.3 Å². The number of ether oxygens (including phenoxy) is 1. The number of hydrogen-bond donors (Lipinski definition) is 2. The molecular weight excluding hydrogens is 364 g/mol. The van der Waals surface area contributed by atoms with Gasteiger partial charge in [0, 0.05) is 6.04 Å². The molecule has 0 aliphatic heterocycles. The number of fused-ring (bicyclic) bond motifs is 1. The monoisotopic (exact) mass is 394 g/mol. The predicted octanol–water partition coefficient (Wildman–Crippen LogP) is 4.50. The number of rotatable bonds is 7. The average Bonchev–Trinajstić information content (AvgIpc) is 2.73. The standard InChI is InChI=1S/C24H30N2O3/c1-4-16(2)25-24(28)21-11-7-8-12-22(21)26-23(27)17(3)29-20-14-13-18-9-5-6-10-19(18)15-20/h7-8,11-17H,4-6,9-10H2,1-3H3,(H,25,28)(H,26,27)/t16-,17+/m0/s1. The molecule has 1 aliphatic carbocycles. The first-order valence-corrected chi connectivity index (χ1v) is 10.5. The molecule has 2 aromatic rings. The van der Waals surface area contributed by atoms with Gasteiger partial charge in [0.25, 0.3) is 11.8 Å². The lowest BCUT2D eigenvalue weighted by atomic mass is 9.92. The van der Waals surface area contributed by atoms with Crippen LogP contribution in [0.2, 0.25) is 0 Å². The maximum atomic E-state index is 12.7. The third kappa shape index (κ3) is 5.37. The van der Waals surface area contributed by atoms with E-state index < -0.39 is 6.10 Å². The minimum atomic E-state index is -0.678. The van der Waals surface area contributed by atoms with E-state index in [0.717, 1.165) is 19.3 Å². The molecule has 1 aliphatic rings. The van der Waals surface area contributed by atoms with Gasteiger partial charge in [-0.1, -0.05) is 25.1 Å². The second-order valence-corrected chi connectivity index (χ2v) is 7.72. The second kappa shape index (κ2) is 9.59. The molecule has 2 aromatic carbocycles. The van der Waals surface area contributed by atoms with Gasteiger partial charge >= 0.3 is 0 Å². The number of carbonyl (C=O) groups excluding carboxylic acids is 2. The van der Waals surface area contributed by atoms with Gasteiger partial charge in [-0.15, -0.1) is 0 Å². The van der Waals surface area contributed by atoms with Crippen LogP contribution < -0.4 is 15.4 Å². The Hall–Kier alpha value is -2.82. The molecule has 0 saturated carbocycles. The minimum Gasteiger partial charge on any atom is -0.481 e. The summed E-state index contributed by atoms with van der Waals surface area (Å²) < 4.78 is 5.88. The van der Waals surface area contributed by atoms with Crippen LogP contribution >= 0.6 is 0 Å². The summed E-state index contributed by atoms with van der Waals surface area (Å²) in [5.74, 6) is 0.223. The largest absolute Gasteiger partial charge is 0.481 e. The predicted molar refractivity (Wildman–Crippen MR) is 115 cm³/mol. The van der Waals surface area contributed by atoms with E-state index in [1.807, 2.05) is 26.0 Å². The molecule has 3 rings (SSSR count). The number of aryl methyl sites for hydroxylation is 2. The van der Waals surface area contributed by atoms with Crippen LogP contribution in [0.3, 0.4) is 0 Å². The van der Waals surface area contributed by atoms with E-state index in [0.29, 0.717) is 17.0 Å². The summed E-state index contributed by atoms with van der Waals surface area (Å²) in [4.78, 5) is 25.2. The molecule has 2 atom stereocenters. The Morgan fingerprint density at radius 3 is 2.52 bits per heavy atom. The van der Waals surface area contributed by atoms with Gasteiger partial charge in [-0.25, -0.2) is 0 Å². The van der Waals surface area contributed by atoms with Gasteiger partial charge in [0.1, 0.15) is 5.75 Å². The number of para-hydroxylation sites is 1. The molecular formula is C24H30N2O3. The molecule has 0 spiro atoms. The zero-order valence-electron chi connectivity index (χ0n) is 17.5. The van der Waals surface area contributed by atoms with E-state index in [2.05, 4.69) is 16.7 Å². The van der Waals surface area contributed by atoms with Crippen molar-refractivity contribution in [1.29, 1.82) is 0 Å². The number of hydrogen-bond acceptors (Lipinski definition) is 3. The van der Waals surface area contributed by atoms with Crippen molar-refractivity contribution >= 4 is 17.5 Å². The van der Waals surface area contributed by atoms with Crippen molar-refractivity contribution in [3.8, 4) is 5.75 Å². The Morgan fingerprint density at radius 2 is 1.76 bits per heavy atom. The molecule has 0 heterocycles. The molecule has 0 bridgehead atoms. The topological polar surface area (TPSA) is 67.4 Å². The third-order valence-electron chi connectivity index (χ3n) is 5.42. The van der Waals surface area contributed by atoms with Crippen molar-refractivity contribution in [2.45, 2.75) is 65.0 Å². The summed E-state index contributed by atoms with van der Waals surface area (Å²) in [5.41, 5.74) is 3.62. The van der Waals surface area contributed by atoms with Gasteiger partial charge < -0.3 is 15.4 Å². The van der Waals surface area contributed by atoms with Gasteiger partial charge in [-0.3, -0.25) is 9.59 Å². The third-order valence-corrected chi connectivity index (χ3v) is 5.42. The lowest BCUT2D eigenvalue weighted by Gasteiger charge is -2.20. The van der Waals surface area contributed by atoms with E-state index in [-0.39, 0.29) is 17.9 Å². The molecule has 5 heteroatoms. The molecule has 2 N–H and O–H groups in total. The van der Waals surface area contributed by atoms with Gasteiger partial charge in [-0.2, -0.15) is 0 Å². The van der Waals surface area contributed by atoms with E-state index >= 15 is 0 Å². The highest BCUT2D eigenvalue weighted by Crippen LogP contribution is 2.26. The van der Waals surface area contributed by atoms with Crippen molar-refractivity contribution in [3.63, 3.8) is 0 Å². The SMILES string of the molecule is CC[C@H](C)NC(=O)c1ccccc1NC(=O)[C@@H](C)Oc1ccc2c(c1)CCCC2. The Bertz CT molecular complexity index is 878. The van der Waals surface area contributed by atoms with Crippen LogP contribution in [0.5, 0.6) is 5.75 Å². The maximum Gasteiger partial charge on any atom is 0.265 e. The molecule has 29 heavy (non-hydrogen) atoms. The van der Waals surface area contributed by atoms with E-state index in [1.54, 1.807) is 31.2 Å². The normalized spacial score (nSPS) is 15.0. The van der Waals surface area contributed by atoms with Crippen LogP contribution in [0.1, 0.15) is 61.5 Å². The highest BCUT2D eigenvalue weighted by Gasteiger charge is 2.20. The lowest BCUT2D eigenvalue weighted by molar-refractivity contribution is -0.122. The van der Waals surface area contributed by atoms with Crippen LogP contribution in [-0.4, -0.2) is 24.0 Å². The summed E-state index contributed by atoms with van der Waals surface area (Å²) in [6, 6.07) is 13.2. The zero-order valence-corrected chi connectivity index (χ0v) is 17.5. The number of anilines is 1. The Balaban J connectivity index is 1.66. The lowest BCUT2D eigenvalue weighted by Crippen LogP contribution is -2.34. The van der Waals surface area contributed by atoms with Crippen LogP contribution in [-0.2, 0) is 17.6 Å². The smallest absolute Gasteiger partial charge is 0.265 e.